The Bertz CT molecular complexity index is 723. The number of rotatable bonds is 6. The van der Waals surface area contributed by atoms with Gasteiger partial charge in [0.1, 0.15) is 19.1 Å². The van der Waals surface area contributed by atoms with Crippen LogP contribution in [-0.2, 0) is 16.1 Å². The average molecular weight is 330 g/mol. The predicted octanol–water partition coefficient (Wildman–Crippen LogP) is -0.0305. The molecule has 0 aliphatic carbocycles. The van der Waals surface area contributed by atoms with Crippen LogP contribution >= 0.6 is 0 Å². The lowest BCUT2D eigenvalue weighted by Crippen LogP contribution is -2.40. The standard InChI is InChI=1S/C16H18N4O4/c1-19(2)8-10-3-4-11-12(5-10)13(6-17)20(16(11)24)9-14(21)18-7-15(22)23/h3-5,13H,7-9H2,1-2H3,(H,18,21)(H,22,23). The third-order valence-electron chi connectivity index (χ3n) is 3.59. The fourth-order valence-electron chi connectivity index (χ4n) is 2.62. The van der Waals surface area contributed by atoms with Crippen LogP contribution in [0.25, 0.3) is 0 Å². The fraction of sp³-hybridized carbons (Fsp3) is 0.375. The number of aliphatic carboxylic acids is 1. The number of carbonyl (C=O) groups is 3. The highest BCUT2D eigenvalue weighted by atomic mass is 16.4. The van der Waals surface area contributed by atoms with E-state index in [4.69, 9.17) is 5.11 Å². The first-order valence-electron chi connectivity index (χ1n) is 7.30. The third kappa shape index (κ3) is 3.70. The summed E-state index contributed by atoms with van der Waals surface area (Å²) in [7, 11) is 3.83. The van der Waals surface area contributed by atoms with Gasteiger partial charge in [-0.1, -0.05) is 12.1 Å². The maximum atomic E-state index is 12.4. The van der Waals surface area contributed by atoms with Crippen LogP contribution in [0.2, 0.25) is 0 Å². The quantitative estimate of drug-likeness (QED) is 0.757. The summed E-state index contributed by atoms with van der Waals surface area (Å²) in [6.07, 6.45) is 0. The van der Waals surface area contributed by atoms with Crippen LogP contribution in [0.1, 0.15) is 27.5 Å². The highest BCUT2D eigenvalue weighted by molar-refractivity contribution is 6.01. The molecule has 0 spiro atoms. The molecule has 1 unspecified atom stereocenters. The number of fused-ring (bicyclic) bond motifs is 1. The van der Waals surface area contributed by atoms with Crippen LogP contribution < -0.4 is 5.32 Å². The van der Waals surface area contributed by atoms with E-state index in [1.165, 1.54) is 0 Å². The number of nitriles is 1. The van der Waals surface area contributed by atoms with Crippen molar-refractivity contribution in [1.29, 1.82) is 5.26 Å². The minimum Gasteiger partial charge on any atom is -0.480 e. The third-order valence-corrected chi connectivity index (χ3v) is 3.59. The molecule has 1 aromatic carbocycles. The van der Waals surface area contributed by atoms with E-state index >= 15 is 0 Å². The SMILES string of the molecule is CN(C)Cc1ccc2c(c1)C(C#N)N(CC(=O)NCC(=O)O)C2=O. The molecule has 24 heavy (non-hydrogen) atoms. The van der Waals surface area contributed by atoms with Crippen molar-refractivity contribution in [1.82, 2.24) is 15.1 Å². The van der Waals surface area contributed by atoms with Crippen molar-refractivity contribution in [2.75, 3.05) is 27.2 Å². The molecule has 2 amide bonds. The maximum Gasteiger partial charge on any atom is 0.322 e. The molecule has 0 radical (unpaired) electrons. The van der Waals surface area contributed by atoms with Crippen molar-refractivity contribution in [2.24, 2.45) is 0 Å². The summed E-state index contributed by atoms with van der Waals surface area (Å²) >= 11 is 0. The molecule has 1 aliphatic rings. The molecule has 0 saturated carbocycles. The zero-order valence-electron chi connectivity index (χ0n) is 13.4. The Hall–Kier alpha value is -2.92. The second kappa shape index (κ2) is 7.10. The average Bonchev–Trinajstić information content (AvgIpc) is 2.76. The van der Waals surface area contributed by atoms with Crippen molar-refractivity contribution in [3.05, 3.63) is 34.9 Å². The van der Waals surface area contributed by atoms with Crippen molar-refractivity contribution in [3.63, 3.8) is 0 Å². The predicted molar refractivity (Wildman–Crippen MR) is 83.9 cm³/mol. The molecular formula is C16H18N4O4. The Morgan fingerprint density at radius 1 is 1.42 bits per heavy atom. The second-order valence-electron chi connectivity index (χ2n) is 5.79. The highest BCUT2D eigenvalue weighted by Gasteiger charge is 2.38. The lowest BCUT2D eigenvalue weighted by molar-refractivity contribution is -0.138. The van der Waals surface area contributed by atoms with Gasteiger partial charge in [-0.2, -0.15) is 5.26 Å². The summed E-state index contributed by atoms with van der Waals surface area (Å²) in [6, 6.07) is 6.47. The van der Waals surface area contributed by atoms with E-state index < -0.39 is 30.4 Å². The van der Waals surface area contributed by atoms with Gasteiger partial charge in [0.2, 0.25) is 5.91 Å². The van der Waals surface area contributed by atoms with E-state index in [2.05, 4.69) is 5.32 Å². The Labute approximate surface area is 139 Å². The smallest absolute Gasteiger partial charge is 0.322 e. The van der Waals surface area contributed by atoms with Gasteiger partial charge in [0.15, 0.2) is 0 Å². The molecule has 1 aliphatic heterocycles. The number of nitrogens with zero attached hydrogens (tertiary/aromatic N) is 3. The first-order chi connectivity index (χ1) is 11.3. The van der Waals surface area contributed by atoms with E-state index in [1.807, 2.05) is 31.1 Å². The van der Waals surface area contributed by atoms with E-state index in [-0.39, 0.29) is 6.54 Å². The summed E-state index contributed by atoms with van der Waals surface area (Å²) in [5, 5.41) is 20.2. The van der Waals surface area contributed by atoms with Crippen LogP contribution in [0.5, 0.6) is 0 Å². The minimum absolute atomic E-state index is 0.359. The molecule has 2 rings (SSSR count). The molecule has 0 saturated heterocycles. The summed E-state index contributed by atoms with van der Waals surface area (Å²) in [5.74, 6) is -2.20. The van der Waals surface area contributed by atoms with Gasteiger partial charge in [-0.05, 0) is 25.7 Å². The molecule has 1 heterocycles. The van der Waals surface area contributed by atoms with Crippen LogP contribution in [0.4, 0.5) is 0 Å². The number of carboxylic acid groups (broad SMARTS) is 1. The number of nitrogens with one attached hydrogen (secondary N) is 1. The van der Waals surface area contributed by atoms with Gasteiger partial charge >= 0.3 is 5.97 Å². The molecule has 0 bridgehead atoms. The van der Waals surface area contributed by atoms with Crippen molar-refractivity contribution in [3.8, 4) is 6.07 Å². The van der Waals surface area contributed by atoms with E-state index in [0.717, 1.165) is 10.5 Å². The van der Waals surface area contributed by atoms with Crippen molar-refractivity contribution in [2.45, 2.75) is 12.6 Å². The van der Waals surface area contributed by atoms with E-state index in [1.54, 1.807) is 12.1 Å². The van der Waals surface area contributed by atoms with Gasteiger partial charge in [0.05, 0.1) is 6.07 Å². The number of amides is 2. The Kier molecular flexibility index (Phi) is 5.16. The Morgan fingerprint density at radius 2 is 2.12 bits per heavy atom. The zero-order chi connectivity index (χ0) is 17.9. The Balaban J connectivity index is 2.20. The zero-order valence-corrected chi connectivity index (χ0v) is 13.4. The van der Waals surface area contributed by atoms with Crippen molar-refractivity contribution < 1.29 is 19.5 Å². The largest absolute Gasteiger partial charge is 0.480 e. The minimum atomic E-state index is -1.18. The van der Waals surface area contributed by atoms with E-state index in [9.17, 15) is 19.6 Å². The molecule has 8 heteroatoms. The molecule has 2 N–H and O–H groups in total. The fourth-order valence-corrected chi connectivity index (χ4v) is 2.62. The lowest BCUT2D eigenvalue weighted by atomic mass is 10.0. The number of hydrogen-bond acceptors (Lipinski definition) is 5. The summed E-state index contributed by atoms with van der Waals surface area (Å²) < 4.78 is 0. The first kappa shape index (κ1) is 17.4. The number of hydrogen-bond donors (Lipinski definition) is 2. The molecule has 126 valence electrons. The van der Waals surface area contributed by atoms with Gasteiger partial charge in [0, 0.05) is 17.7 Å². The molecule has 8 nitrogen and oxygen atoms in total. The summed E-state index contributed by atoms with van der Waals surface area (Å²) in [6.45, 7) is -0.223. The lowest BCUT2D eigenvalue weighted by Gasteiger charge is -2.19. The molecule has 0 aromatic heterocycles. The first-order valence-corrected chi connectivity index (χ1v) is 7.30. The van der Waals surface area contributed by atoms with Gasteiger partial charge in [-0.25, -0.2) is 0 Å². The van der Waals surface area contributed by atoms with Crippen LogP contribution in [0.15, 0.2) is 18.2 Å². The molecule has 1 atom stereocenters. The molecule has 1 aromatic rings. The second-order valence-corrected chi connectivity index (χ2v) is 5.79. The van der Waals surface area contributed by atoms with Crippen LogP contribution in [-0.4, -0.2) is 59.9 Å². The molecular weight excluding hydrogens is 312 g/mol. The van der Waals surface area contributed by atoms with Crippen molar-refractivity contribution >= 4 is 17.8 Å². The number of carbonyl (C=O) groups excluding carboxylic acids is 2. The van der Waals surface area contributed by atoms with Gasteiger partial charge in [-0.3, -0.25) is 14.4 Å². The van der Waals surface area contributed by atoms with E-state index in [0.29, 0.717) is 17.7 Å². The number of carboxylic acids is 1. The topological polar surface area (TPSA) is 114 Å². The number of benzene rings is 1. The van der Waals surface area contributed by atoms with Gasteiger partial charge in [0.25, 0.3) is 5.91 Å². The summed E-state index contributed by atoms with van der Waals surface area (Å²) in [5.41, 5.74) is 1.94. The van der Waals surface area contributed by atoms with Gasteiger partial charge < -0.3 is 20.2 Å². The molecule has 0 fully saturated rings. The highest BCUT2D eigenvalue weighted by Crippen LogP contribution is 2.33. The monoisotopic (exact) mass is 330 g/mol. The van der Waals surface area contributed by atoms with Gasteiger partial charge in [-0.15, -0.1) is 0 Å². The van der Waals surface area contributed by atoms with Crippen LogP contribution in [0, 0.1) is 11.3 Å². The normalized spacial score (nSPS) is 16.0. The Morgan fingerprint density at radius 3 is 2.71 bits per heavy atom. The summed E-state index contributed by atoms with van der Waals surface area (Å²) in [4.78, 5) is 37.8. The van der Waals surface area contributed by atoms with Crippen LogP contribution in [0.3, 0.4) is 0 Å². The maximum absolute atomic E-state index is 12.4.